The molecule has 3 N–H and O–H groups in total. The molecule has 0 aliphatic carbocycles. The number of amides is 1. The standard InChI is InChI=1S/C28H28FN7O5S/c1-16-8-21(18-10-17(2)27(22(29)11-18)41-14-24-30-15-31-33-24)26-23(9-16)36(28(38)35(26)3)13-25(37)32-19-6-5-7-20(12-19)34-42(4,39)40/h5-12,15,34H,13-14H2,1-4H3,(H,32,37)(H,30,31,33). The average Bonchev–Trinajstić information content (AvgIpc) is 3.50. The molecule has 42 heavy (non-hydrogen) atoms. The number of ether oxygens (including phenoxy) is 1. The van der Waals surface area contributed by atoms with Gasteiger partial charge in [-0.25, -0.2) is 17.6 Å². The highest BCUT2D eigenvalue weighted by Gasteiger charge is 2.20. The molecule has 0 atom stereocenters. The molecule has 1 amide bonds. The number of nitrogens with zero attached hydrogens (tertiary/aromatic N) is 4. The van der Waals surface area contributed by atoms with Crippen LogP contribution in [0.4, 0.5) is 15.8 Å². The van der Waals surface area contributed by atoms with Crippen molar-refractivity contribution in [3.8, 4) is 16.9 Å². The minimum atomic E-state index is -3.50. The lowest BCUT2D eigenvalue weighted by molar-refractivity contribution is -0.116. The summed E-state index contributed by atoms with van der Waals surface area (Å²) < 4.78 is 49.1. The third kappa shape index (κ3) is 6.02. The molecule has 0 saturated carbocycles. The number of fused-ring (bicyclic) bond motifs is 1. The Balaban J connectivity index is 1.46. The molecule has 0 bridgehead atoms. The van der Waals surface area contributed by atoms with E-state index in [1.165, 1.54) is 27.6 Å². The molecule has 12 nitrogen and oxygen atoms in total. The van der Waals surface area contributed by atoms with Crippen molar-refractivity contribution in [1.29, 1.82) is 0 Å². The zero-order chi connectivity index (χ0) is 30.2. The van der Waals surface area contributed by atoms with E-state index in [0.29, 0.717) is 39.2 Å². The van der Waals surface area contributed by atoms with Crippen LogP contribution in [0.3, 0.4) is 0 Å². The fraction of sp³-hybridized carbons (Fsp3) is 0.214. The number of carbonyl (C=O) groups is 1. The molecule has 218 valence electrons. The van der Waals surface area contributed by atoms with Gasteiger partial charge in [0.05, 0.1) is 23.0 Å². The Kier molecular flexibility index (Phi) is 7.56. The lowest BCUT2D eigenvalue weighted by atomic mass is 9.99. The molecular formula is C28H28FN7O5S. The van der Waals surface area contributed by atoms with Gasteiger partial charge < -0.3 is 15.0 Å². The quantitative estimate of drug-likeness (QED) is 0.237. The number of hydrogen-bond donors (Lipinski definition) is 3. The minimum Gasteiger partial charge on any atom is -0.482 e. The highest BCUT2D eigenvalue weighted by Crippen LogP contribution is 2.34. The number of rotatable bonds is 9. The van der Waals surface area contributed by atoms with Crippen LogP contribution < -0.4 is 20.5 Å². The van der Waals surface area contributed by atoms with Gasteiger partial charge in [-0.2, -0.15) is 0 Å². The van der Waals surface area contributed by atoms with Crippen molar-refractivity contribution in [3.05, 3.63) is 88.1 Å². The SMILES string of the molecule is Cc1cc(-c2cc(C)c(OCc3nnc[nH]3)c(F)c2)c2c(c1)n(CC(=O)Nc1cccc(NS(C)(=O)=O)c1)c(=O)n2C. The number of hydrogen-bond acceptors (Lipinski definition) is 7. The largest absolute Gasteiger partial charge is 0.482 e. The van der Waals surface area contributed by atoms with E-state index in [1.807, 2.05) is 13.0 Å². The number of aromatic nitrogens is 5. The van der Waals surface area contributed by atoms with E-state index < -0.39 is 27.4 Å². The number of imidazole rings is 1. The number of halogens is 1. The summed E-state index contributed by atoms with van der Waals surface area (Å²) in [6.45, 7) is 3.29. The van der Waals surface area contributed by atoms with Gasteiger partial charge in [-0.05, 0) is 73.0 Å². The third-order valence-electron chi connectivity index (χ3n) is 6.49. The van der Waals surface area contributed by atoms with E-state index in [4.69, 9.17) is 4.74 Å². The molecule has 5 rings (SSSR count). The van der Waals surface area contributed by atoms with Crippen LogP contribution in [-0.2, 0) is 35.0 Å². The summed E-state index contributed by atoms with van der Waals surface area (Å²) in [6, 6.07) is 13.0. The van der Waals surface area contributed by atoms with Crippen LogP contribution in [0.15, 0.2) is 59.7 Å². The highest BCUT2D eigenvalue weighted by molar-refractivity contribution is 7.92. The molecule has 0 fully saturated rings. The average molecular weight is 594 g/mol. The molecule has 2 heterocycles. The van der Waals surface area contributed by atoms with E-state index in [9.17, 15) is 18.0 Å². The first kappa shape index (κ1) is 28.5. The van der Waals surface area contributed by atoms with E-state index in [-0.39, 0.29) is 24.6 Å². The van der Waals surface area contributed by atoms with Crippen molar-refractivity contribution >= 4 is 38.3 Å². The Morgan fingerprint density at radius 2 is 1.88 bits per heavy atom. The van der Waals surface area contributed by atoms with Gasteiger partial charge in [-0.15, -0.1) is 10.2 Å². The molecular weight excluding hydrogens is 565 g/mol. The number of carbonyl (C=O) groups excluding carboxylic acids is 1. The van der Waals surface area contributed by atoms with Crippen LogP contribution in [-0.4, -0.2) is 44.9 Å². The molecule has 0 spiro atoms. The first-order valence-corrected chi connectivity index (χ1v) is 14.6. The highest BCUT2D eigenvalue weighted by atomic mass is 32.2. The Labute approximate surface area is 240 Å². The number of sulfonamides is 1. The van der Waals surface area contributed by atoms with E-state index in [0.717, 1.165) is 11.8 Å². The van der Waals surface area contributed by atoms with Gasteiger partial charge in [0.2, 0.25) is 15.9 Å². The summed E-state index contributed by atoms with van der Waals surface area (Å²) in [6.07, 6.45) is 2.44. The first-order chi connectivity index (χ1) is 19.9. The molecule has 5 aromatic rings. The number of nitrogens with one attached hydrogen (secondary N) is 3. The van der Waals surface area contributed by atoms with Crippen LogP contribution in [0.2, 0.25) is 0 Å². The lowest BCUT2D eigenvalue weighted by Gasteiger charge is -2.13. The predicted molar refractivity (Wildman–Crippen MR) is 156 cm³/mol. The fourth-order valence-electron chi connectivity index (χ4n) is 4.80. The van der Waals surface area contributed by atoms with Gasteiger partial charge in [-0.3, -0.25) is 18.7 Å². The molecule has 3 aromatic carbocycles. The van der Waals surface area contributed by atoms with Gasteiger partial charge in [0.15, 0.2) is 17.4 Å². The molecule has 0 aliphatic heterocycles. The number of H-pyrrole nitrogens is 1. The fourth-order valence-corrected chi connectivity index (χ4v) is 5.36. The zero-order valence-electron chi connectivity index (χ0n) is 23.2. The smallest absolute Gasteiger partial charge is 0.329 e. The van der Waals surface area contributed by atoms with Gasteiger partial charge in [-0.1, -0.05) is 6.07 Å². The third-order valence-corrected chi connectivity index (χ3v) is 7.10. The Morgan fingerprint density at radius 1 is 1.12 bits per heavy atom. The summed E-state index contributed by atoms with van der Waals surface area (Å²) in [7, 11) is -1.90. The second-order valence-corrected chi connectivity index (χ2v) is 11.7. The van der Waals surface area contributed by atoms with Crippen LogP contribution in [0.25, 0.3) is 22.2 Å². The number of aryl methyl sites for hydroxylation is 3. The van der Waals surface area contributed by atoms with Crippen molar-refractivity contribution < 1.29 is 22.3 Å². The normalized spacial score (nSPS) is 11.5. The second kappa shape index (κ2) is 11.1. The summed E-state index contributed by atoms with van der Waals surface area (Å²) >= 11 is 0. The van der Waals surface area contributed by atoms with Crippen molar-refractivity contribution in [2.45, 2.75) is 27.0 Å². The van der Waals surface area contributed by atoms with Gasteiger partial charge in [0.1, 0.15) is 19.5 Å². The molecule has 0 saturated heterocycles. The molecule has 0 unspecified atom stereocenters. The molecule has 2 aromatic heterocycles. The van der Waals surface area contributed by atoms with Gasteiger partial charge in [0, 0.05) is 18.3 Å². The summed E-state index contributed by atoms with van der Waals surface area (Å²) in [5.74, 6) is -0.523. The van der Waals surface area contributed by atoms with Crippen LogP contribution >= 0.6 is 0 Å². The Bertz CT molecular complexity index is 1960. The van der Waals surface area contributed by atoms with Crippen molar-refractivity contribution in [2.75, 3.05) is 16.3 Å². The Hall–Kier alpha value is -4.98. The topological polar surface area (TPSA) is 153 Å². The second-order valence-electron chi connectivity index (χ2n) is 9.94. The molecule has 0 radical (unpaired) electrons. The monoisotopic (exact) mass is 593 g/mol. The maximum absolute atomic E-state index is 15.3. The van der Waals surface area contributed by atoms with Crippen molar-refractivity contribution in [2.24, 2.45) is 7.05 Å². The summed E-state index contributed by atoms with van der Waals surface area (Å²) in [5.41, 5.74) is 3.77. The number of benzene rings is 3. The summed E-state index contributed by atoms with van der Waals surface area (Å²) in [4.78, 5) is 29.1. The van der Waals surface area contributed by atoms with Gasteiger partial charge in [0.25, 0.3) is 0 Å². The van der Waals surface area contributed by atoms with E-state index in [1.54, 1.807) is 44.3 Å². The minimum absolute atomic E-state index is 0.0176. The summed E-state index contributed by atoms with van der Waals surface area (Å²) in [5, 5.41) is 10.2. The predicted octanol–water partition coefficient (Wildman–Crippen LogP) is 3.47. The van der Waals surface area contributed by atoms with E-state index in [2.05, 4.69) is 25.2 Å². The number of aromatic amines is 1. The molecule has 0 aliphatic rings. The van der Waals surface area contributed by atoms with Crippen LogP contribution in [0, 0.1) is 19.7 Å². The lowest BCUT2D eigenvalue weighted by Crippen LogP contribution is -2.28. The van der Waals surface area contributed by atoms with Crippen LogP contribution in [0.1, 0.15) is 17.0 Å². The number of anilines is 2. The maximum Gasteiger partial charge on any atom is 0.329 e. The van der Waals surface area contributed by atoms with Crippen molar-refractivity contribution in [1.82, 2.24) is 24.3 Å². The van der Waals surface area contributed by atoms with E-state index >= 15 is 4.39 Å². The maximum atomic E-state index is 15.3. The van der Waals surface area contributed by atoms with Crippen molar-refractivity contribution in [3.63, 3.8) is 0 Å². The first-order valence-electron chi connectivity index (χ1n) is 12.8. The molecule has 14 heteroatoms. The zero-order valence-corrected chi connectivity index (χ0v) is 24.0. The van der Waals surface area contributed by atoms with Gasteiger partial charge >= 0.3 is 5.69 Å². The van der Waals surface area contributed by atoms with Crippen LogP contribution in [0.5, 0.6) is 5.75 Å². The Morgan fingerprint density at radius 3 is 2.57 bits per heavy atom.